The molecule has 0 bridgehead atoms. The minimum absolute atomic E-state index is 0.0517. The van der Waals surface area contributed by atoms with Crippen LogP contribution < -0.4 is 10.3 Å². The van der Waals surface area contributed by atoms with Gasteiger partial charge in [0.2, 0.25) is 0 Å². The van der Waals surface area contributed by atoms with E-state index in [4.69, 9.17) is 26.1 Å². The summed E-state index contributed by atoms with van der Waals surface area (Å²) in [6.45, 7) is 2.21. The monoisotopic (exact) mass is 529 g/mol. The van der Waals surface area contributed by atoms with Crippen LogP contribution in [-0.4, -0.2) is 37.4 Å². The van der Waals surface area contributed by atoms with Crippen molar-refractivity contribution in [1.29, 1.82) is 0 Å². The fourth-order valence-electron chi connectivity index (χ4n) is 4.38. The highest BCUT2D eigenvalue weighted by Gasteiger charge is 2.17. The van der Waals surface area contributed by atoms with E-state index in [1.807, 2.05) is 49.0 Å². The largest absolute Gasteiger partial charge is 0.487 e. The van der Waals surface area contributed by atoms with Crippen LogP contribution in [-0.2, 0) is 24.9 Å². The first-order valence-corrected chi connectivity index (χ1v) is 12.2. The van der Waals surface area contributed by atoms with Gasteiger partial charge in [0, 0.05) is 54.0 Å². The predicted molar refractivity (Wildman–Crippen MR) is 143 cm³/mol. The summed E-state index contributed by atoms with van der Waals surface area (Å²) in [5.41, 5.74) is 4.37. The first-order valence-electron chi connectivity index (χ1n) is 11.8. The maximum Gasteiger partial charge on any atom is 0.343 e. The first-order chi connectivity index (χ1) is 18.4. The number of methoxy groups -OCH3 is 1. The molecular formula is C28H24ClN5O4. The average Bonchev–Trinajstić information content (AvgIpc) is 3.34. The number of rotatable bonds is 7. The molecular weight excluding hydrogens is 506 g/mol. The van der Waals surface area contributed by atoms with Gasteiger partial charge in [0.05, 0.1) is 24.4 Å². The topological polar surface area (TPSA) is 101 Å². The number of fused-ring (bicyclic) bond motifs is 1. The number of benzene rings is 1. The maximum absolute atomic E-state index is 12.8. The van der Waals surface area contributed by atoms with Crippen LogP contribution in [0, 0.1) is 6.92 Å². The molecule has 0 radical (unpaired) electrons. The van der Waals surface area contributed by atoms with Crippen molar-refractivity contribution in [1.82, 2.24) is 24.3 Å². The Hall–Kier alpha value is -4.50. The minimum atomic E-state index is -0.693. The fourth-order valence-corrected chi connectivity index (χ4v) is 4.61. The van der Waals surface area contributed by atoms with Crippen molar-refractivity contribution in [3.8, 4) is 17.0 Å². The van der Waals surface area contributed by atoms with Gasteiger partial charge in [-0.3, -0.25) is 14.5 Å². The second-order valence-corrected chi connectivity index (χ2v) is 9.10. The predicted octanol–water partition coefficient (Wildman–Crippen LogP) is 4.57. The number of aryl methyl sites for hydroxylation is 2. The van der Waals surface area contributed by atoms with Crippen LogP contribution in [0.1, 0.15) is 27.2 Å². The lowest BCUT2D eigenvalue weighted by Crippen LogP contribution is -2.27. The third kappa shape index (κ3) is 4.76. The molecule has 1 aromatic carbocycles. The zero-order valence-corrected chi connectivity index (χ0v) is 21.8. The molecule has 0 saturated carbocycles. The van der Waals surface area contributed by atoms with Gasteiger partial charge in [-0.05, 0) is 42.8 Å². The maximum atomic E-state index is 12.8. The third-order valence-corrected chi connectivity index (χ3v) is 6.59. The number of ether oxygens (including phenoxy) is 2. The number of hydrogen-bond donors (Lipinski definition) is 0. The fraction of sp³-hybridized carbons (Fsp3) is 0.179. The van der Waals surface area contributed by atoms with E-state index in [1.165, 1.54) is 23.9 Å². The quantitative estimate of drug-likeness (QED) is 0.285. The number of hydrogen-bond acceptors (Lipinski definition) is 7. The van der Waals surface area contributed by atoms with Gasteiger partial charge in [0.15, 0.2) is 0 Å². The van der Waals surface area contributed by atoms with Crippen molar-refractivity contribution in [2.75, 3.05) is 7.11 Å². The summed E-state index contributed by atoms with van der Waals surface area (Å²) in [6, 6.07) is 12.8. The van der Waals surface area contributed by atoms with Crippen LogP contribution in [0.2, 0.25) is 5.02 Å². The Morgan fingerprint density at radius 3 is 2.74 bits per heavy atom. The third-order valence-electron chi connectivity index (χ3n) is 6.26. The molecule has 0 unspecified atom stereocenters. The lowest BCUT2D eigenvalue weighted by atomic mass is 10.0. The van der Waals surface area contributed by atoms with E-state index in [1.54, 1.807) is 24.7 Å². The van der Waals surface area contributed by atoms with Crippen LogP contribution in [0.3, 0.4) is 0 Å². The van der Waals surface area contributed by atoms with E-state index in [2.05, 4.69) is 10.1 Å². The number of esters is 1. The Balaban J connectivity index is 1.49. The van der Waals surface area contributed by atoms with Crippen LogP contribution in [0.15, 0.2) is 72.0 Å². The second kappa shape index (κ2) is 10.5. The Labute approximate surface area is 223 Å². The standard InChI is InChI=1S/C28H24ClN5O4/c1-17-12-21(24-9-10-31-33(24)2)19-6-4-8-25(26(19)32-17)38-16-22-18(13-30-14-23(22)29)15-34-11-5-7-20(27(34)35)28(36)37-3/h4-14H,15-16H2,1-3H3. The second-order valence-electron chi connectivity index (χ2n) is 8.70. The highest BCUT2D eigenvalue weighted by molar-refractivity contribution is 6.31. The lowest BCUT2D eigenvalue weighted by molar-refractivity contribution is 0.0598. The van der Waals surface area contributed by atoms with Crippen molar-refractivity contribution in [3.63, 3.8) is 0 Å². The minimum Gasteiger partial charge on any atom is -0.487 e. The van der Waals surface area contributed by atoms with E-state index >= 15 is 0 Å². The summed E-state index contributed by atoms with van der Waals surface area (Å²) in [5, 5.41) is 5.64. The number of carbonyl (C=O) groups is 1. The van der Waals surface area contributed by atoms with Gasteiger partial charge < -0.3 is 14.0 Å². The zero-order valence-electron chi connectivity index (χ0n) is 21.0. The molecule has 0 amide bonds. The molecule has 0 N–H and O–H groups in total. The summed E-state index contributed by atoms with van der Waals surface area (Å²) < 4.78 is 14.2. The molecule has 0 fully saturated rings. The van der Waals surface area contributed by atoms with Crippen molar-refractivity contribution in [2.45, 2.75) is 20.1 Å². The number of carbonyl (C=O) groups excluding carboxylic acids is 1. The molecule has 0 aliphatic rings. The molecule has 0 saturated heterocycles. The molecule has 0 atom stereocenters. The Kier molecular flexibility index (Phi) is 6.93. The van der Waals surface area contributed by atoms with Gasteiger partial charge >= 0.3 is 5.97 Å². The Morgan fingerprint density at radius 2 is 1.97 bits per heavy atom. The molecule has 192 valence electrons. The van der Waals surface area contributed by atoms with Gasteiger partial charge in [0.25, 0.3) is 5.56 Å². The van der Waals surface area contributed by atoms with E-state index in [9.17, 15) is 9.59 Å². The highest BCUT2D eigenvalue weighted by atomic mass is 35.5. The molecule has 0 aliphatic heterocycles. The number of para-hydroxylation sites is 1. The summed E-state index contributed by atoms with van der Waals surface area (Å²) in [6.07, 6.45) is 6.52. The van der Waals surface area contributed by atoms with Gasteiger partial charge in [-0.25, -0.2) is 9.78 Å². The summed E-state index contributed by atoms with van der Waals surface area (Å²) in [7, 11) is 3.13. The lowest BCUT2D eigenvalue weighted by Gasteiger charge is -2.16. The summed E-state index contributed by atoms with van der Waals surface area (Å²) in [5.74, 6) is -0.0975. The number of halogens is 1. The van der Waals surface area contributed by atoms with E-state index in [0.29, 0.717) is 21.9 Å². The van der Waals surface area contributed by atoms with Gasteiger partial charge in [-0.1, -0.05) is 23.7 Å². The molecule has 38 heavy (non-hydrogen) atoms. The molecule has 0 aliphatic carbocycles. The summed E-state index contributed by atoms with van der Waals surface area (Å²) >= 11 is 6.53. The van der Waals surface area contributed by atoms with Crippen molar-refractivity contribution in [3.05, 3.63) is 105 Å². The first kappa shape index (κ1) is 25.2. The normalized spacial score (nSPS) is 11.1. The average molecular weight is 530 g/mol. The van der Waals surface area contributed by atoms with Crippen LogP contribution in [0.25, 0.3) is 22.2 Å². The van der Waals surface area contributed by atoms with Gasteiger partial charge in [-0.2, -0.15) is 5.10 Å². The van der Waals surface area contributed by atoms with E-state index in [0.717, 1.165) is 27.9 Å². The molecule has 5 rings (SSSR count). The smallest absolute Gasteiger partial charge is 0.343 e. The highest BCUT2D eigenvalue weighted by Crippen LogP contribution is 2.33. The molecule has 5 aromatic rings. The zero-order chi connectivity index (χ0) is 26.8. The molecule has 4 heterocycles. The van der Waals surface area contributed by atoms with Crippen LogP contribution in [0.4, 0.5) is 0 Å². The molecule has 9 nitrogen and oxygen atoms in total. The number of aromatic nitrogens is 5. The van der Waals surface area contributed by atoms with E-state index in [-0.39, 0.29) is 18.7 Å². The van der Waals surface area contributed by atoms with Crippen molar-refractivity contribution < 1.29 is 14.3 Å². The molecule has 4 aromatic heterocycles. The van der Waals surface area contributed by atoms with Crippen LogP contribution in [0.5, 0.6) is 5.75 Å². The molecule has 0 spiro atoms. The van der Waals surface area contributed by atoms with Gasteiger partial charge in [0.1, 0.15) is 23.4 Å². The number of pyridine rings is 3. The van der Waals surface area contributed by atoms with Gasteiger partial charge in [-0.15, -0.1) is 0 Å². The Bertz CT molecular complexity index is 1730. The van der Waals surface area contributed by atoms with Crippen molar-refractivity contribution >= 4 is 28.5 Å². The number of nitrogens with zero attached hydrogens (tertiary/aromatic N) is 5. The Morgan fingerprint density at radius 1 is 1.13 bits per heavy atom. The summed E-state index contributed by atoms with van der Waals surface area (Å²) in [4.78, 5) is 33.8. The van der Waals surface area contributed by atoms with Crippen molar-refractivity contribution in [2.24, 2.45) is 7.05 Å². The van der Waals surface area contributed by atoms with Crippen LogP contribution >= 0.6 is 11.6 Å². The SMILES string of the molecule is COC(=O)c1cccn(Cc2cncc(Cl)c2COc2cccc3c(-c4ccnn4C)cc(C)nc23)c1=O. The molecule has 10 heteroatoms. The van der Waals surface area contributed by atoms with E-state index < -0.39 is 11.5 Å².